The van der Waals surface area contributed by atoms with Gasteiger partial charge < -0.3 is 26.1 Å². The second kappa shape index (κ2) is 12.0. The number of rotatable bonds is 9. The number of hydrogen-bond acceptors (Lipinski definition) is 10. The van der Waals surface area contributed by atoms with Crippen LogP contribution in [0.15, 0.2) is 52.5 Å². The molecule has 216 valence electrons. The number of nitrogens with one attached hydrogen (secondary N) is 1. The van der Waals surface area contributed by atoms with Crippen LogP contribution in [0, 0.1) is 6.92 Å². The van der Waals surface area contributed by atoms with Crippen molar-refractivity contribution in [3.05, 3.63) is 58.6 Å². The fourth-order valence-electron chi connectivity index (χ4n) is 4.37. The number of β-lactam (4-membered cyclic amide) rings is 1. The Balaban J connectivity index is 0.00000405. The third kappa shape index (κ3) is 5.89. The van der Waals surface area contributed by atoms with E-state index in [1.807, 2.05) is 46.6 Å². The van der Waals surface area contributed by atoms with Gasteiger partial charge in [-0.25, -0.2) is 23.5 Å². The van der Waals surface area contributed by atoms with E-state index in [0.29, 0.717) is 11.3 Å². The molecule has 17 heteroatoms. The number of carbonyl (C=O) groups is 4. The summed E-state index contributed by atoms with van der Waals surface area (Å²) >= 11 is 2.36. The molecule has 0 radical (unpaired) electrons. The first-order chi connectivity index (χ1) is 19.4. The summed E-state index contributed by atoms with van der Waals surface area (Å²) < 4.78 is 3.84. The van der Waals surface area contributed by atoms with Gasteiger partial charge in [0, 0.05) is 22.8 Å². The molecule has 0 unspecified atom stereocenters. The summed E-state index contributed by atoms with van der Waals surface area (Å²) in [6.45, 7) is 4.75. The number of carbonyl (C=O) groups excluding carboxylic acids is 2. The number of thiazole rings is 1. The Bertz CT molecular complexity index is 1670. The molecule has 5 N–H and O–H groups in total. The van der Waals surface area contributed by atoms with Crippen LogP contribution in [-0.4, -0.2) is 106 Å². The number of aliphatic carboxylic acids is 2. The molecule has 2 atom stereocenters. The Labute approximate surface area is 269 Å². The van der Waals surface area contributed by atoms with E-state index in [9.17, 15) is 29.4 Å². The maximum atomic E-state index is 13.2. The third-order valence-electron chi connectivity index (χ3n) is 6.56. The number of nitrogens with zero attached hydrogens (tertiary/aromatic N) is 5. The van der Waals surface area contributed by atoms with Crippen LogP contribution in [0.1, 0.15) is 25.1 Å². The average Bonchev–Trinajstić information content (AvgIpc) is 3.52. The summed E-state index contributed by atoms with van der Waals surface area (Å²) in [5.74, 6) is -3.69. The Kier molecular flexibility index (Phi) is 9.03. The van der Waals surface area contributed by atoms with Gasteiger partial charge in [0.25, 0.3) is 17.5 Å². The number of anilines is 1. The first-order valence-corrected chi connectivity index (χ1v) is 14.2. The number of nitrogen functional groups attached to an aromatic ring is 1. The van der Waals surface area contributed by atoms with Crippen molar-refractivity contribution in [3.8, 4) is 0 Å². The van der Waals surface area contributed by atoms with Crippen molar-refractivity contribution >= 4 is 92.9 Å². The monoisotopic (exact) mass is 624 g/mol. The number of pyridine rings is 1. The molecule has 2 aliphatic heterocycles. The minimum atomic E-state index is -1.75. The number of amides is 2. The maximum absolute atomic E-state index is 13.2. The van der Waals surface area contributed by atoms with Crippen LogP contribution in [0.2, 0.25) is 0 Å². The van der Waals surface area contributed by atoms with Gasteiger partial charge in [0.2, 0.25) is 5.60 Å². The molecule has 1 fully saturated rings. The second-order valence-corrected chi connectivity index (χ2v) is 11.9. The van der Waals surface area contributed by atoms with Gasteiger partial charge in [0.1, 0.15) is 41.7 Å². The number of imidazole rings is 1. The van der Waals surface area contributed by atoms with Gasteiger partial charge >= 0.3 is 41.5 Å². The van der Waals surface area contributed by atoms with Gasteiger partial charge in [-0.3, -0.25) is 14.5 Å². The summed E-state index contributed by atoms with van der Waals surface area (Å²) in [7, 11) is 0. The van der Waals surface area contributed by atoms with Crippen LogP contribution in [0.3, 0.4) is 0 Å². The minimum absolute atomic E-state index is 0. The first-order valence-electron chi connectivity index (χ1n) is 12.3. The zero-order valence-corrected chi connectivity index (χ0v) is 23.7. The molecule has 0 aromatic carbocycles. The SMILES string of the molecule is Cc1ccc2n(CC3=C(C(=O)O)N4C(=O)[C@@H](NC(=O)/C(=N\OC(C)(C)C(=O)O)c5csc(N)n5)[C@H]4SC3)cc[n+]2c1.[NaH]. The molecular weight excluding hydrogens is 597 g/mol. The van der Waals surface area contributed by atoms with Gasteiger partial charge in [-0.15, -0.1) is 23.1 Å². The van der Waals surface area contributed by atoms with Crippen LogP contribution in [0.25, 0.3) is 5.65 Å². The van der Waals surface area contributed by atoms with E-state index in [2.05, 4.69) is 15.5 Å². The van der Waals surface area contributed by atoms with Crippen molar-refractivity contribution in [3.63, 3.8) is 0 Å². The molecule has 2 amide bonds. The molecule has 0 aliphatic carbocycles. The number of carboxylic acid groups (broad SMARTS) is 2. The second-order valence-electron chi connectivity index (χ2n) is 9.93. The molecule has 14 nitrogen and oxygen atoms in total. The van der Waals surface area contributed by atoms with Gasteiger partial charge in [0.05, 0.1) is 6.20 Å². The van der Waals surface area contributed by atoms with Crippen LogP contribution in [0.4, 0.5) is 5.13 Å². The summed E-state index contributed by atoms with van der Waals surface area (Å²) in [6, 6.07) is 2.84. The molecule has 1 saturated heterocycles. The fraction of sp³-hybridized carbons (Fsp3) is 0.320. The molecule has 3 aromatic heterocycles. The third-order valence-corrected chi connectivity index (χ3v) is 8.58. The van der Waals surface area contributed by atoms with Crippen LogP contribution >= 0.6 is 23.1 Å². The van der Waals surface area contributed by atoms with Crippen molar-refractivity contribution in [2.24, 2.45) is 5.16 Å². The number of nitrogens with two attached hydrogens (primary N) is 1. The number of fused-ring (bicyclic) bond motifs is 2. The van der Waals surface area contributed by atoms with Gasteiger partial charge in [0.15, 0.2) is 10.8 Å². The molecule has 3 aromatic rings. The Morgan fingerprint density at radius 2 is 2.05 bits per heavy atom. The van der Waals surface area contributed by atoms with Crippen LogP contribution < -0.4 is 15.5 Å². The zero-order chi connectivity index (χ0) is 29.6. The van der Waals surface area contributed by atoms with Crippen molar-refractivity contribution in [1.82, 2.24) is 19.8 Å². The van der Waals surface area contributed by atoms with E-state index in [0.717, 1.165) is 22.5 Å². The summed E-state index contributed by atoms with van der Waals surface area (Å²) in [4.78, 5) is 60.5. The van der Waals surface area contributed by atoms with Crippen LogP contribution in [-0.2, 0) is 30.6 Å². The summed E-state index contributed by atoms with van der Waals surface area (Å²) in [5, 5.41) is 26.6. The number of thioether (sulfide) groups is 1. The van der Waals surface area contributed by atoms with E-state index in [-0.39, 0.29) is 58.3 Å². The van der Waals surface area contributed by atoms with Gasteiger partial charge in [-0.2, -0.15) is 0 Å². The molecule has 0 bridgehead atoms. The number of hydrogen-bond donors (Lipinski definition) is 4. The van der Waals surface area contributed by atoms with Gasteiger partial charge in [-0.1, -0.05) is 5.16 Å². The van der Waals surface area contributed by atoms with Crippen molar-refractivity contribution in [1.29, 1.82) is 0 Å². The van der Waals surface area contributed by atoms with Crippen LogP contribution in [0.5, 0.6) is 0 Å². The van der Waals surface area contributed by atoms with E-state index in [1.54, 1.807) is 0 Å². The quantitative estimate of drug-likeness (QED) is 0.0825. The van der Waals surface area contributed by atoms with E-state index in [1.165, 1.54) is 35.9 Å². The molecule has 42 heavy (non-hydrogen) atoms. The van der Waals surface area contributed by atoms with E-state index >= 15 is 0 Å². The molecule has 0 saturated carbocycles. The predicted molar refractivity (Wildman–Crippen MR) is 155 cm³/mol. The zero-order valence-electron chi connectivity index (χ0n) is 22.1. The van der Waals surface area contributed by atoms with Crippen molar-refractivity contribution in [2.45, 2.75) is 44.3 Å². The molecular formula is C25H27N7NaO7S2+. The average molecular weight is 625 g/mol. The topological polar surface area (TPSA) is 194 Å². The standard InChI is InChI=1S/C25H25N7O7S2.Na.H/c1-12-4-5-15-30(8-12)6-7-31(15)9-13-10-40-21-17(20(34)32(21)18(13)22(35)36)28-19(33)16(14-11-41-24(26)27-14)29-39-25(2,3)23(37)38;;/h4-8,11,17,21H,9-10H2,1-3H3,(H4-,26,27,28,33,35,36,37,38);;/p+1/b29-16-;;/t17-,21-;;/m1../s1. The van der Waals surface area contributed by atoms with E-state index < -0.39 is 40.8 Å². The molecule has 0 spiro atoms. The van der Waals surface area contributed by atoms with Gasteiger partial charge in [-0.05, 0) is 32.4 Å². The van der Waals surface area contributed by atoms with Crippen molar-refractivity contribution < 1.29 is 38.6 Å². The Morgan fingerprint density at radius 1 is 1.31 bits per heavy atom. The molecule has 2 aliphatic rings. The summed E-state index contributed by atoms with van der Waals surface area (Å²) in [6.07, 6.45) is 5.68. The number of aryl methyl sites for hydroxylation is 1. The molecule has 5 rings (SSSR count). The first kappa shape index (κ1) is 31.5. The predicted octanol–water partition coefficient (Wildman–Crippen LogP) is -0.0519. The Morgan fingerprint density at radius 3 is 2.69 bits per heavy atom. The normalized spacial score (nSPS) is 18.7. The summed E-state index contributed by atoms with van der Waals surface area (Å²) in [5.41, 5.74) is 5.98. The Hall–Kier alpha value is -3.44. The van der Waals surface area contributed by atoms with E-state index in [4.69, 9.17) is 10.6 Å². The number of aromatic nitrogens is 3. The number of oxime groups is 1. The fourth-order valence-corrected chi connectivity index (χ4v) is 6.25. The number of carboxylic acids is 2. The van der Waals surface area contributed by atoms with Crippen molar-refractivity contribution in [2.75, 3.05) is 11.5 Å². The molecule has 5 heterocycles.